The van der Waals surface area contributed by atoms with Crippen LogP contribution in [0.3, 0.4) is 0 Å². The molecule has 2 aromatic rings. The monoisotopic (exact) mass is 265 g/mol. The van der Waals surface area contributed by atoms with Crippen molar-refractivity contribution < 1.29 is 13.9 Å². The fraction of sp³-hybridized carbons (Fsp3) is 0.467. The molecule has 0 spiro atoms. The number of aliphatic hydroxyl groups is 1. The highest BCUT2D eigenvalue weighted by atomic mass is 19.1. The van der Waals surface area contributed by atoms with Crippen LogP contribution in [0.15, 0.2) is 28.7 Å². The van der Waals surface area contributed by atoms with Gasteiger partial charge in [-0.1, -0.05) is 13.8 Å². The van der Waals surface area contributed by atoms with Crippen molar-refractivity contribution in [1.82, 2.24) is 5.32 Å². The first-order valence-electron chi connectivity index (χ1n) is 6.50. The maximum absolute atomic E-state index is 13.1. The van der Waals surface area contributed by atoms with Crippen molar-refractivity contribution in [3.63, 3.8) is 0 Å². The average molecular weight is 265 g/mol. The first-order valence-corrected chi connectivity index (χ1v) is 6.50. The summed E-state index contributed by atoms with van der Waals surface area (Å²) in [5.41, 5.74) is 0.750. The summed E-state index contributed by atoms with van der Waals surface area (Å²) < 4.78 is 18.7. The van der Waals surface area contributed by atoms with Crippen molar-refractivity contribution in [2.45, 2.75) is 26.8 Å². The molecule has 0 saturated heterocycles. The summed E-state index contributed by atoms with van der Waals surface area (Å²) in [5.74, 6) is 0.539. The molecule has 3 nitrogen and oxygen atoms in total. The Hall–Kier alpha value is -1.39. The molecule has 2 rings (SSSR count). The average Bonchev–Trinajstić information content (AvgIpc) is 2.70. The van der Waals surface area contributed by atoms with Gasteiger partial charge in [-0.2, -0.15) is 0 Å². The summed E-state index contributed by atoms with van der Waals surface area (Å²) in [4.78, 5) is 0. The molecule has 1 heterocycles. The van der Waals surface area contributed by atoms with E-state index in [1.54, 1.807) is 6.07 Å². The molecular weight excluding hydrogens is 245 g/mol. The molecule has 0 atom stereocenters. The van der Waals surface area contributed by atoms with Crippen molar-refractivity contribution in [2.75, 3.05) is 13.2 Å². The molecule has 0 fully saturated rings. The van der Waals surface area contributed by atoms with E-state index in [1.807, 2.05) is 6.07 Å². The quantitative estimate of drug-likeness (QED) is 0.843. The minimum atomic E-state index is -0.253. The van der Waals surface area contributed by atoms with Crippen LogP contribution < -0.4 is 5.32 Å². The van der Waals surface area contributed by atoms with Crippen molar-refractivity contribution in [2.24, 2.45) is 5.41 Å². The van der Waals surface area contributed by atoms with Gasteiger partial charge in [0.2, 0.25) is 0 Å². The van der Waals surface area contributed by atoms with Gasteiger partial charge in [0.05, 0.1) is 6.54 Å². The van der Waals surface area contributed by atoms with Crippen LogP contribution in [-0.2, 0) is 6.54 Å². The van der Waals surface area contributed by atoms with E-state index in [0.717, 1.165) is 24.1 Å². The molecule has 1 aromatic carbocycles. The molecule has 2 N–H and O–H groups in total. The van der Waals surface area contributed by atoms with Crippen LogP contribution in [-0.4, -0.2) is 18.3 Å². The number of nitrogens with one attached hydrogen (secondary N) is 1. The molecule has 0 aliphatic carbocycles. The van der Waals surface area contributed by atoms with E-state index in [-0.39, 0.29) is 17.8 Å². The number of aliphatic hydroxyl groups excluding tert-OH is 1. The summed E-state index contributed by atoms with van der Waals surface area (Å²) in [7, 11) is 0. The van der Waals surface area contributed by atoms with Crippen LogP contribution in [0.1, 0.15) is 26.0 Å². The smallest absolute Gasteiger partial charge is 0.134 e. The van der Waals surface area contributed by atoms with Crippen molar-refractivity contribution in [1.29, 1.82) is 0 Å². The lowest BCUT2D eigenvalue weighted by atomic mass is 9.90. The summed E-state index contributed by atoms with van der Waals surface area (Å²) in [6, 6.07) is 6.36. The minimum Gasteiger partial charge on any atom is -0.460 e. The second kappa shape index (κ2) is 5.72. The Morgan fingerprint density at radius 1 is 1.32 bits per heavy atom. The lowest BCUT2D eigenvalue weighted by Gasteiger charge is -2.23. The Kier molecular flexibility index (Phi) is 4.22. The Morgan fingerprint density at radius 3 is 2.84 bits per heavy atom. The Balaban J connectivity index is 1.95. The number of halogens is 1. The number of hydrogen-bond donors (Lipinski definition) is 2. The second-order valence-electron chi connectivity index (χ2n) is 5.64. The van der Waals surface area contributed by atoms with Crippen LogP contribution in [0.4, 0.5) is 4.39 Å². The van der Waals surface area contributed by atoms with E-state index in [9.17, 15) is 4.39 Å². The zero-order chi connectivity index (χ0) is 13.9. The van der Waals surface area contributed by atoms with Gasteiger partial charge >= 0.3 is 0 Å². The third-order valence-corrected chi connectivity index (χ3v) is 3.22. The normalized spacial score (nSPS) is 12.2. The number of hydrogen-bond acceptors (Lipinski definition) is 3. The van der Waals surface area contributed by atoms with Crippen LogP contribution in [0.2, 0.25) is 0 Å². The highest BCUT2D eigenvalue weighted by Gasteiger charge is 2.16. The number of benzene rings is 1. The summed E-state index contributed by atoms with van der Waals surface area (Å²) in [6.07, 6.45) is 0.755. The van der Waals surface area contributed by atoms with E-state index < -0.39 is 0 Å². The molecule has 19 heavy (non-hydrogen) atoms. The molecule has 0 saturated carbocycles. The summed E-state index contributed by atoms with van der Waals surface area (Å²) in [5, 5.41) is 13.0. The topological polar surface area (TPSA) is 45.4 Å². The Morgan fingerprint density at radius 2 is 2.11 bits per heavy atom. The molecule has 0 bridgehead atoms. The van der Waals surface area contributed by atoms with Crippen molar-refractivity contribution in [3.05, 3.63) is 35.8 Å². The van der Waals surface area contributed by atoms with Gasteiger partial charge in [-0.25, -0.2) is 4.39 Å². The number of furan rings is 1. The molecule has 104 valence electrons. The highest BCUT2D eigenvalue weighted by molar-refractivity contribution is 5.77. The maximum atomic E-state index is 13.1. The first kappa shape index (κ1) is 14.0. The third-order valence-electron chi connectivity index (χ3n) is 3.22. The van der Waals surface area contributed by atoms with Crippen LogP contribution >= 0.6 is 0 Å². The van der Waals surface area contributed by atoms with Crippen LogP contribution in [0.5, 0.6) is 0 Å². The molecule has 1 aromatic heterocycles. The van der Waals surface area contributed by atoms with Crippen LogP contribution in [0.25, 0.3) is 11.0 Å². The first-order chi connectivity index (χ1) is 9.00. The molecule has 0 unspecified atom stereocenters. The third kappa shape index (κ3) is 3.78. The number of fused-ring (bicyclic) bond motifs is 1. The maximum Gasteiger partial charge on any atom is 0.134 e. The Bertz CT molecular complexity index is 548. The molecule has 4 heteroatoms. The van der Waals surface area contributed by atoms with Crippen molar-refractivity contribution in [3.8, 4) is 0 Å². The SMILES string of the molecule is CC(C)(CCO)CNCc1cc2cc(F)ccc2o1. The molecule has 0 aliphatic rings. The zero-order valence-corrected chi connectivity index (χ0v) is 11.4. The van der Waals surface area contributed by atoms with E-state index in [2.05, 4.69) is 19.2 Å². The second-order valence-corrected chi connectivity index (χ2v) is 5.64. The fourth-order valence-corrected chi connectivity index (χ4v) is 2.07. The van der Waals surface area contributed by atoms with Gasteiger partial charge in [-0.15, -0.1) is 0 Å². The van der Waals surface area contributed by atoms with Gasteiger partial charge in [0, 0.05) is 18.5 Å². The number of rotatable bonds is 6. The van der Waals surface area contributed by atoms with Gasteiger partial charge in [-0.3, -0.25) is 0 Å². The van der Waals surface area contributed by atoms with E-state index >= 15 is 0 Å². The van der Waals surface area contributed by atoms with Gasteiger partial charge in [0.1, 0.15) is 17.2 Å². The Labute approximate surface area is 112 Å². The molecule has 0 amide bonds. The zero-order valence-electron chi connectivity index (χ0n) is 11.4. The lowest BCUT2D eigenvalue weighted by molar-refractivity contribution is 0.206. The predicted octanol–water partition coefficient (Wildman–Crippen LogP) is 3.07. The highest BCUT2D eigenvalue weighted by Crippen LogP contribution is 2.21. The van der Waals surface area contributed by atoms with Gasteiger partial charge in [0.25, 0.3) is 0 Å². The van der Waals surface area contributed by atoms with E-state index in [4.69, 9.17) is 9.52 Å². The minimum absolute atomic E-state index is 0.0485. The molecule has 0 radical (unpaired) electrons. The largest absolute Gasteiger partial charge is 0.460 e. The van der Waals surface area contributed by atoms with Crippen molar-refractivity contribution >= 4 is 11.0 Å². The fourth-order valence-electron chi connectivity index (χ4n) is 2.07. The van der Waals surface area contributed by atoms with Gasteiger partial charge in [0.15, 0.2) is 0 Å². The molecular formula is C15H20FNO2. The van der Waals surface area contributed by atoms with E-state index in [1.165, 1.54) is 12.1 Å². The molecule has 0 aliphatic heterocycles. The van der Waals surface area contributed by atoms with Gasteiger partial charge < -0.3 is 14.8 Å². The summed E-state index contributed by atoms with van der Waals surface area (Å²) >= 11 is 0. The lowest BCUT2D eigenvalue weighted by Crippen LogP contribution is -2.29. The predicted molar refractivity (Wildman–Crippen MR) is 73.4 cm³/mol. The van der Waals surface area contributed by atoms with E-state index in [0.29, 0.717) is 12.1 Å². The van der Waals surface area contributed by atoms with Gasteiger partial charge in [-0.05, 0) is 36.1 Å². The standard InChI is InChI=1S/C15H20FNO2/c1-15(2,5-6-18)10-17-9-13-8-11-7-12(16)3-4-14(11)19-13/h3-4,7-8,17-18H,5-6,9-10H2,1-2H3. The van der Waals surface area contributed by atoms with Crippen LogP contribution in [0, 0.1) is 11.2 Å². The summed E-state index contributed by atoms with van der Waals surface area (Å²) in [6.45, 7) is 5.79.